The monoisotopic (exact) mass is 370 g/mol. The summed E-state index contributed by atoms with van der Waals surface area (Å²) >= 11 is 0. The number of likely N-dealkylation sites (tertiary alicyclic amines) is 1. The summed E-state index contributed by atoms with van der Waals surface area (Å²) in [6.07, 6.45) is 10.8. The largest absolute Gasteiger partial charge is 0.348 e. The van der Waals surface area contributed by atoms with Crippen LogP contribution in [0.5, 0.6) is 0 Å². The first-order valence-corrected chi connectivity index (χ1v) is 10.2. The maximum atomic E-state index is 12.9. The highest BCUT2D eigenvalue weighted by Gasteiger charge is 2.47. The van der Waals surface area contributed by atoms with E-state index in [9.17, 15) is 4.79 Å². The molecule has 1 saturated heterocycles. The normalized spacial score (nSPS) is 20.6. The Morgan fingerprint density at radius 3 is 2.85 bits per heavy atom. The van der Waals surface area contributed by atoms with Crippen molar-refractivity contribution in [1.82, 2.24) is 29.5 Å². The number of carbonyl (C=O) groups excluding carboxylic acids is 1. The Morgan fingerprint density at radius 1 is 1.33 bits per heavy atom. The van der Waals surface area contributed by atoms with Gasteiger partial charge in [-0.2, -0.15) is 5.10 Å². The van der Waals surface area contributed by atoms with Crippen LogP contribution in [0.1, 0.15) is 57.0 Å². The highest BCUT2D eigenvalue weighted by Crippen LogP contribution is 2.42. The summed E-state index contributed by atoms with van der Waals surface area (Å²) in [5, 5.41) is 4.23. The van der Waals surface area contributed by atoms with Crippen molar-refractivity contribution in [2.45, 2.75) is 57.5 Å². The standard InChI is InChI=1S/C20H30N6O/c1-3-4-10-25-12-6-17-18(22-15-21-17)20(25)7-13-24(14-8-20)19(27)16(2)26-11-5-9-23-26/h5,9,11,15-16H,3-4,6-8,10,12-14H2,1-2H3,(H,21,22)/t16-/m1/s1. The molecule has 2 aliphatic heterocycles. The van der Waals surface area contributed by atoms with Crippen LogP contribution in [-0.4, -0.2) is 61.6 Å². The van der Waals surface area contributed by atoms with Gasteiger partial charge in [-0.3, -0.25) is 14.4 Å². The van der Waals surface area contributed by atoms with Gasteiger partial charge in [-0.15, -0.1) is 0 Å². The lowest BCUT2D eigenvalue weighted by molar-refractivity contribution is -0.138. The molecule has 7 heteroatoms. The van der Waals surface area contributed by atoms with Gasteiger partial charge in [-0.25, -0.2) is 4.98 Å². The number of amides is 1. The summed E-state index contributed by atoms with van der Waals surface area (Å²) in [5.74, 6) is 0.159. The van der Waals surface area contributed by atoms with Gasteiger partial charge >= 0.3 is 0 Å². The van der Waals surface area contributed by atoms with Gasteiger partial charge in [0, 0.05) is 44.1 Å². The molecule has 2 aromatic heterocycles. The third-order valence-corrected chi connectivity index (χ3v) is 6.36. The zero-order chi connectivity index (χ0) is 18.9. The third kappa shape index (κ3) is 3.18. The maximum Gasteiger partial charge on any atom is 0.247 e. The van der Waals surface area contributed by atoms with Gasteiger partial charge < -0.3 is 9.88 Å². The highest BCUT2D eigenvalue weighted by atomic mass is 16.2. The van der Waals surface area contributed by atoms with Crippen molar-refractivity contribution in [3.63, 3.8) is 0 Å². The predicted octanol–water partition coefficient (Wildman–Crippen LogP) is 2.34. The number of nitrogens with zero attached hydrogens (tertiary/aromatic N) is 5. The number of hydrogen-bond donors (Lipinski definition) is 1. The van der Waals surface area contributed by atoms with Crippen molar-refractivity contribution in [3.8, 4) is 0 Å². The molecular formula is C20H30N6O. The van der Waals surface area contributed by atoms with E-state index in [1.165, 1.54) is 24.2 Å². The van der Waals surface area contributed by atoms with Gasteiger partial charge in [0.1, 0.15) is 6.04 Å². The number of carbonyl (C=O) groups is 1. The molecule has 27 heavy (non-hydrogen) atoms. The highest BCUT2D eigenvalue weighted by molar-refractivity contribution is 5.80. The summed E-state index contributed by atoms with van der Waals surface area (Å²) in [6, 6.07) is 1.61. The molecule has 0 aromatic carbocycles. The van der Waals surface area contributed by atoms with E-state index in [4.69, 9.17) is 4.98 Å². The van der Waals surface area contributed by atoms with E-state index in [-0.39, 0.29) is 17.5 Å². The summed E-state index contributed by atoms with van der Waals surface area (Å²) in [5.41, 5.74) is 2.48. The van der Waals surface area contributed by atoms with Crippen LogP contribution in [0.25, 0.3) is 0 Å². The molecule has 0 saturated carbocycles. The molecule has 4 rings (SSSR count). The van der Waals surface area contributed by atoms with Gasteiger partial charge in [0.15, 0.2) is 0 Å². The summed E-state index contributed by atoms with van der Waals surface area (Å²) in [4.78, 5) is 25.7. The molecular weight excluding hydrogens is 340 g/mol. The van der Waals surface area contributed by atoms with Crippen molar-refractivity contribution in [3.05, 3.63) is 36.2 Å². The Kier molecular flexibility index (Phi) is 5.04. The van der Waals surface area contributed by atoms with Gasteiger partial charge in [0.2, 0.25) is 5.91 Å². The van der Waals surface area contributed by atoms with E-state index in [0.29, 0.717) is 0 Å². The summed E-state index contributed by atoms with van der Waals surface area (Å²) in [7, 11) is 0. The lowest BCUT2D eigenvalue weighted by atomic mass is 9.78. The predicted molar refractivity (Wildman–Crippen MR) is 103 cm³/mol. The Balaban J connectivity index is 1.51. The van der Waals surface area contributed by atoms with Crippen molar-refractivity contribution in [1.29, 1.82) is 0 Å². The van der Waals surface area contributed by atoms with Crippen LogP contribution >= 0.6 is 0 Å². The lowest BCUT2D eigenvalue weighted by Gasteiger charge is -2.51. The molecule has 146 valence electrons. The second-order valence-electron chi connectivity index (χ2n) is 7.84. The molecule has 1 fully saturated rings. The maximum absolute atomic E-state index is 12.9. The first-order valence-electron chi connectivity index (χ1n) is 10.2. The molecule has 2 aliphatic rings. The fourth-order valence-electron chi connectivity index (χ4n) is 4.74. The molecule has 0 bridgehead atoms. The van der Waals surface area contributed by atoms with Crippen molar-refractivity contribution < 1.29 is 4.79 Å². The molecule has 1 atom stereocenters. The van der Waals surface area contributed by atoms with Crippen LogP contribution < -0.4 is 0 Å². The van der Waals surface area contributed by atoms with Gasteiger partial charge in [-0.05, 0) is 38.8 Å². The van der Waals surface area contributed by atoms with Crippen LogP contribution in [0.3, 0.4) is 0 Å². The molecule has 1 amide bonds. The van der Waals surface area contributed by atoms with E-state index in [0.717, 1.165) is 45.4 Å². The summed E-state index contributed by atoms with van der Waals surface area (Å²) < 4.78 is 1.74. The molecule has 0 aliphatic carbocycles. The molecule has 1 spiro atoms. The number of rotatable bonds is 5. The van der Waals surface area contributed by atoms with E-state index < -0.39 is 0 Å². The first-order chi connectivity index (χ1) is 13.2. The first kappa shape index (κ1) is 18.2. The molecule has 0 radical (unpaired) electrons. The topological polar surface area (TPSA) is 70.1 Å². The number of aromatic amines is 1. The Hall–Kier alpha value is -2.15. The quantitative estimate of drug-likeness (QED) is 0.877. The minimum atomic E-state index is -0.252. The van der Waals surface area contributed by atoms with Crippen LogP contribution in [0.2, 0.25) is 0 Å². The van der Waals surface area contributed by atoms with E-state index in [2.05, 4.69) is 21.9 Å². The zero-order valence-electron chi connectivity index (χ0n) is 16.4. The summed E-state index contributed by atoms with van der Waals surface area (Å²) in [6.45, 7) is 7.92. The van der Waals surface area contributed by atoms with Gasteiger partial charge in [0.25, 0.3) is 0 Å². The number of unbranched alkanes of at least 4 members (excludes halogenated alkanes) is 1. The number of piperidine rings is 1. The zero-order valence-corrected chi connectivity index (χ0v) is 16.4. The fourth-order valence-corrected chi connectivity index (χ4v) is 4.74. The number of imidazole rings is 1. The number of nitrogens with one attached hydrogen (secondary N) is 1. The molecule has 7 nitrogen and oxygen atoms in total. The van der Waals surface area contributed by atoms with Crippen molar-refractivity contribution in [2.75, 3.05) is 26.2 Å². The fraction of sp³-hybridized carbons (Fsp3) is 0.650. The lowest BCUT2D eigenvalue weighted by Crippen LogP contribution is -2.57. The molecule has 2 aromatic rings. The molecule has 0 unspecified atom stereocenters. The van der Waals surface area contributed by atoms with Crippen molar-refractivity contribution in [2.24, 2.45) is 0 Å². The second kappa shape index (κ2) is 7.46. The van der Waals surface area contributed by atoms with E-state index in [1.54, 1.807) is 10.9 Å². The van der Waals surface area contributed by atoms with Crippen LogP contribution in [0, 0.1) is 0 Å². The molecule has 1 N–H and O–H groups in total. The Morgan fingerprint density at radius 2 is 2.15 bits per heavy atom. The van der Waals surface area contributed by atoms with Crippen LogP contribution in [0.15, 0.2) is 24.8 Å². The third-order valence-electron chi connectivity index (χ3n) is 6.36. The average Bonchev–Trinajstić information content (AvgIpc) is 3.39. The van der Waals surface area contributed by atoms with Crippen LogP contribution in [0.4, 0.5) is 0 Å². The molecule has 4 heterocycles. The van der Waals surface area contributed by atoms with E-state index in [1.807, 2.05) is 30.4 Å². The number of H-pyrrole nitrogens is 1. The van der Waals surface area contributed by atoms with E-state index >= 15 is 0 Å². The smallest absolute Gasteiger partial charge is 0.247 e. The number of fused-ring (bicyclic) bond motifs is 2. The van der Waals surface area contributed by atoms with Crippen LogP contribution in [-0.2, 0) is 16.8 Å². The minimum Gasteiger partial charge on any atom is -0.348 e. The second-order valence-corrected chi connectivity index (χ2v) is 7.84. The van der Waals surface area contributed by atoms with Gasteiger partial charge in [0.05, 0.1) is 17.6 Å². The Labute approximate surface area is 160 Å². The SMILES string of the molecule is CCCCN1CCc2[nH]cnc2C12CCN(C(=O)[C@@H](C)n1cccn1)CC2. The number of hydrogen-bond acceptors (Lipinski definition) is 4. The number of aromatic nitrogens is 4. The van der Waals surface area contributed by atoms with Crippen molar-refractivity contribution >= 4 is 5.91 Å². The minimum absolute atomic E-state index is 0.0194. The average molecular weight is 371 g/mol. The Bertz CT molecular complexity index is 759. The van der Waals surface area contributed by atoms with Gasteiger partial charge in [-0.1, -0.05) is 13.3 Å².